The molecule has 10 heteroatoms. The van der Waals surface area contributed by atoms with E-state index in [0.29, 0.717) is 29.3 Å². The zero-order valence-corrected chi connectivity index (χ0v) is 19.3. The third-order valence-corrected chi connectivity index (χ3v) is 6.71. The highest BCUT2D eigenvalue weighted by atomic mass is 32.2. The normalized spacial score (nSPS) is 18.2. The lowest BCUT2D eigenvalue weighted by Gasteiger charge is -2.34. The second kappa shape index (κ2) is 8.40. The molecule has 32 heavy (non-hydrogen) atoms. The Labute approximate surface area is 189 Å². The molecule has 0 bridgehead atoms. The van der Waals surface area contributed by atoms with Crippen LogP contribution in [-0.2, 0) is 14.3 Å². The Kier molecular flexibility index (Phi) is 5.93. The number of nitrogens with one attached hydrogen (secondary N) is 1. The van der Waals surface area contributed by atoms with E-state index in [4.69, 9.17) is 9.47 Å². The van der Waals surface area contributed by atoms with E-state index in [2.05, 4.69) is 5.32 Å². The van der Waals surface area contributed by atoms with E-state index in [1.54, 1.807) is 26.8 Å². The maximum Gasteiger partial charge on any atom is 0.347 e. The lowest BCUT2D eigenvalue weighted by Crippen LogP contribution is -2.44. The van der Waals surface area contributed by atoms with Crippen LogP contribution in [0.2, 0.25) is 0 Å². The minimum atomic E-state index is -0.895. The van der Waals surface area contributed by atoms with Gasteiger partial charge in [0.05, 0.1) is 27.0 Å². The van der Waals surface area contributed by atoms with Crippen LogP contribution < -0.4 is 15.6 Å². The molecule has 172 valence electrons. The summed E-state index contributed by atoms with van der Waals surface area (Å²) in [6.45, 7) is 9.23. The van der Waals surface area contributed by atoms with Crippen LogP contribution in [0.25, 0.3) is 10.9 Å². The van der Waals surface area contributed by atoms with Gasteiger partial charge in [-0.3, -0.25) is 9.59 Å². The van der Waals surface area contributed by atoms with Crippen molar-refractivity contribution in [2.24, 2.45) is 5.41 Å². The maximum absolute atomic E-state index is 15.0. The molecular formula is C22H26FN3O5S. The van der Waals surface area contributed by atoms with Gasteiger partial charge in [-0.2, -0.15) is 0 Å². The molecule has 1 N–H and O–H groups in total. The summed E-state index contributed by atoms with van der Waals surface area (Å²) < 4.78 is 26.9. The van der Waals surface area contributed by atoms with Crippen LogP contribution in [0.4, 0.5) is 10.1 Å². The van der Waals surface area contributed by atoms with Gasteiger partial charge in [0.15, 0.2) is 0 Å². The molecule has 1 aromatic heterocycles. The fourth-order valence-corrected chi connectivity index (χ4v) is 4.94. The summed E-state index contributed by atoms with van der Waals surface area (Å²) in [4.78, 5) is 39.7. The number of piperazine rings is 1. The van der Waals surface area contributed by atoms with Crippen molar-refractivity contribution in [2.75, 3.05) is 37.9 Å². The number of rotatable bonds is 4. The number of nitrogens with zero attached hydrogens (tertiary/aromatic N) is 2. The SMILES string of the molecule is CC1Sc2c(C(=O)OCOC(=O)C(C)(C)C)c(=O)c3cc(F)c(N4CCNCC4)cc3n21. The molecular weight excluding hydrogens is 437 g/mol. The number of ether oxygens (including phenoxy) is 2. The third-order valence-electron chi connectivity index (χ3n) is 5.53. The molecule has 1 atom stereocenters. The fraction of sp³-hybridized carbons (Fsp3) is 0.500. The summed E-state index contributed by atoms with van der Waals surface area (Å²) in [6, 6.07) is 2.89. The van der Waals surface area contributed by atoms with Gasteiger partial charge in [0, 0.05) is 31.6 Å². The van der Waals surface area contributed by atoms with Gasteiger partial charge in [0.1, 0.15) is 11.4 Å². The molecule has 3 heterocycles. The summed E-state index contributed by atoms with van der Waals surface area (Å²) in [5, 5.41) is 3.80. The van der Waals surface area contributed by atoms with E-state index in [1.807, 2.05) is 16.4 Å². The van der Waals surface area contributed by atoms with E-state index in [-0.39, 0.29) is 16.3 Å². The van der Waals surface area contributed by atoms with Crippen LogP contribution in [0.15, 0.2) is 22.0 Å². The van der Waals surface area contributed by atoms with Gasteiger partial charge in [-0.1, -0.05) is 11.8 Å². The number of halogens is 1. The van der Waals surface area contributed by atoms with Crippen molar-refractivity contribution in [1.82, 2.24) is 9.88 Å². The summed E-state index contributed by atoms with van der Waals surface area (Å²) in [7, 11) is 0. The number of hydrogen-bond acceptors (Lipinski definition) is 8. The van der Waals surface area contributed by atoms with Gasteiger partial charge in [0.25, 0.3) is 0 Å². The van der Waals surface area contributed by atoms with Crippen molar-refractivity contribution < 1.29 is 23.5 Å². The van der Waals surface area contributed by atoms with E-state index in [9.17, 15) is 18.8 Å². The summed E-state index contributed by atoms with van der Waals surface area (Å²) in [5.74, 6) is -1.93. The van der Waals surface area contributed by atoms with Crippen molar-refractivity contribution in [3.8, 4) is 0 Å². The maximum atomic E-state index is 15.0. The molecule has 0 radical (unpaired) electrons. The van der Waals surface area contributed by atoms with Crippen LogP contribution in [0.5, 0.6) is 0 Å². The topological polar surface area (TPSA) is 89.9 Å². The number of aromatic nitrogens is 1. The van der Waals surface area contributed by atoms with Gasteiger partial charge in [-0.15, -0.1) is 0 Å². The molecule has 1 saturated heterocycles. The molecule has 4 rings (SSSR count). The number of anilines is 1. The zero-order chi connectivity index (χ0) is 23.2. The van der Waals surface area contributed by atoms with Crippen LogP contribution >= 0.6 is 11.8 Å². The quantitative estimate of drug-likeness (QED) is 0.547. The molecule has 1 aromatic carbocycles. The summed E-state index contributed by atoms with van der Waals surface area (Å²) >= 11 is 1.36. The van der Waals surface area contributed by atoms with E-state index in [1.165, 1.54) is 17.8 Å². The Balaban J connectivity index is 1.69. The summed E-state index contributed by atoms with van der Waals surface area (Å²) in [5.41, 5.74) is -0.474. The Morgan fingerprint density at radius 1 is 1.22 bits per heavy atom. The third kappa shape index (κ3) is 3.97. The highest BCUT2D eigenvalue weighted by Crippen LogP contribution is 2.46. The molecule has 2 aliphatic heterocycles. The molecule has 1 fully saturated rings. The van der Waals surface area contributed by atoms with Gasteiger partial charge >= 0.3 is 11.9 Å². The minimum Gasteiger partial charge on any atom is -0.427 e. The Hall–Kier alpha value is -2.59. The highest BCUT2D eigenvalue weighted by Gasteiger charge is 2.34. The number of carbonyl (C=O) groups is 2. The standard InChI is InChI=1S/C22H26FN3O5S/c1-12-26-15-10-16(25-7-5-24-6-8-25)14(23)9-13(15)18(27)17(19(26)32-12)20(28)30-11-31-21(29)22(2,3)4/h9-10,12,24H,5-8,11H2,1-4H3. The molecule has 0 amide bonds. The molecule has 8 nitrogen and oxygen atoms in total. The molecule has 0 spiro atoms. The van der Waals surface area contributed by atoms with Crippen LogP contribution in [-0.4, -0.2) is 49.5 Å². The number of fused-ring (bicyclic) bond motifs is 3. The smallest absolute Gasteiger partial charge is 0.347 e. The van der Waals surface area contributed by atoms with E-state index in [0.717, 1.165) is 13.1 Å². The number of benzene rings is 1. The first-order valence-electron chi connectivity index (χ1n) is 10.5. The van der Waals surface area contributed by atoms with Crippen molar-refractivity contribution in [3.63, 3.8) is 0 Å². The molecule has 1 unspecified atom stereocenters. The zero-order valence-electron chi connectivity index (χ0n) is 18.5. The van der Waals surface area contributed by atoms with Gasteiger partial charge in [-0.25, -0.2) is 9.18 Å². The van der Waals surface area contributed by atoms with E-state index < -0.39 is 35.4 Å². The first kappa shape index (κ1) is 22.6. The van der Waals surface area contributed by atoms with Gasteiger partial charge in [-0.05, 0) is 39.8 Å². The number of esters is 2. The largest absolute Gasteiger partial charge is 0.427 e. The summed E-state index contributed by atoms with van der Waals surface area (Å²) in [6.07, 6.45) is 0. The average Bonchev–Trinajstić information content (AvgIpc) is 2.73. The number of pyridine rings is 1. The highest BCUT2D eigenvalue weighted by molar-refractivity contribution is 8.00. The van der Waals surface area contributed by atoms with Crippen LogP contribution in [0.3, 0.4) is 0 Å². The Morgan fingerprint density at radius 3 is 2.53 bits per heavy atom. The predicted octanol–water partition coefficient (Wildman–Crippen LogP) is 2.88. The van der Waals surface area contributed by atoms with Gasteiger partial charge < -0.3 is 24.3 Å². The van der Waals surface area contributed by atoms with Crippen LogP contribution in [0.1, 0.15) is 43.4 Å². The van der Waals surface area contributed by atoms with Crippen LogP contribution in [0, 0.1) is 11.2 Å². The molecule has 0 saturated carbocycles. The minimum absolute atomic E-state index is 0.0281. The van der Waals surface area contributed by atoms with Crippen molar-refractivity contribution in [2.45, 2.75) is 38.1 Å². The first-order chi connectivity index (χ1) is 15.1. The first-order valence-corrected chi connectivity index (χ1v) is 11.4. The number of hydrogen-bond donors (Lipinski definition) is 1. The second-order valence-corrected chi connectivity index (χ2v) is 10.2. The number of thioether (sulfide) groups is 1. The Morgan fingerprint density at radius 2 is 1.91 bits per heavy atom. The lowest BCUT2D eigenvalue weighted by atomic mass is 9.98. The van der Waals surface area contributed by atoms with Gasteiger partial charge in [0.2, 0.25) is 12.2 Å². The molecule has 2 aliphatic rings. The monoisotopic (exact) mass is 463 g/mol. The van der Waals surface area contributed by atoms with Crippen molar-refractivity contribution >= 4 is 40.3 Å². The lowest BCUT2D eigenvalue weighted by molar-refractivity contribution is -0.161. The number of carbonyl (C=O) groups excluding carboxylic acids is 2. The molecule has 0 aliphatic carbocycles. The second-order valence-electron chi connectivity index (χ2n) is 8.89. The van der Waals surface area contributed by atoms with Crippen molar-refractivity contribution in [1.29, 1.82) is 0 Å². The predicted molar refractivity (Wildman–Crippen MR) is 120 cm³/mol. The average molecular weight is 464 g/mol. The van der Waals surface area contributed by atoms with E-state index >= 15 is 0 Å². The Bertz CT molecular complexity index is 1150. The fourth-order valence-electron chi connectivity index (χ4n) is 3.79. The molecule has 2 aromatic rings. The van der Waals surface area contributed by atoms with Crippen molar-refractivity contribution in [3.05, 3.63) is 33.7 Å².